The van der Waals surface area contributed by atoms with Crippen molar-refractivity contribution in [2.24, 2.45) is 11.2 Å². The Morgan fingerprint density at radius 1 is 1.44 bits per heavy atom. The van der Waals surface area contributed by atoms with Crippen LogP contribution in [0.5, 0.6) is 5.75 Å². The van der Waals surface area contributed by atoms with Gasteiger partial charge in [-0.3, -0.25) is 0 Å². The average molecular weight is 246 g/mol. The highest BCUT2D eigenvalue weighted by Gasteiger charge is 2.15. The van der Waals surface area contributed by atoms with Crippen LogP contribution in [-0.2, 0) is 15.8 Å². The molecule has 88 valence electrons. The summed E-state index contributed by atoms with van der Waals surface area (Å²) in [6.07, 6.45) is 1.01. The molecule has 4 N–H and O–H groups in total. The molecular weight excluding hydrogens is 234 g/mol. The van der Waals surface area contributed by atoms with Crippen molar-refractivity contribution in [1.29, 1.82) is 0 Å². The van der Waals surface area contributed by atoms with Gasteiger partial charge in [0.25, 0.3) is 0 Å². The number of carbonyl (C=O) groups is 1. The fourth-order valence-electron chi connectivity index (χ4n) is 1.15. The Hall–Kier alpha value is -1.23. The van der Waals surface area contributed by atoms with E-state index in [0.29, 0.717) is 12.7 Å². The lowest BCUT2D eigenvalue weighted by molar-refractivity contribution is -0.108. The van der Waals surface area contributed by atoms with Crippen molar-refractivity contribution in [3.05, 3.63) is 29.8 Å². The Kier molecular flexibility index (Phi) is 4.18. The van der Waals surface area contributed by atoms with Crippen LogP contribution in [0.4, 0.5) is 4.20 Å². The second-order valence-corrected chi connectivity index (χ2v) is 4.48. The molecule has 0 spiro atoms. The third-order valence-corrected chi connectivity index (χ3v) is 2.26. The van der Waals surface area contributed by atoms with Crippen LogP contribution in [0.15, 0.2) is 24.3 Å². The summed E-state index contributed by atoms with van der Waals surface area (Å²) >= 11 is 0. The number of rotatable bonds is 5. The minimum atomic E-state index is -4.52. The molecule has 0 aliphatic carbocycles. The van der Waals surface area contributed by atoms with Crippen LogP contribution in [0.25, 0.3) is 0 Å². The van der Waals surface area contributed by atoms with Crippen LogP contribution in [0.1, 0.15) is 5.56 Å². The van der Waals surface area contributed by atoms with Crippen LogP contribution in [0, 0.1) is 0 Å². The van der Waals surface area contributed by atoms with E-state index in [1.54, 1.807) is 12.1 Å². The van der Waals surface area contributed by atoms with E-state index in [2.05, 4.69) is 10.0 Å². The molecule has 1 rings (SSSR count). The zero-order valence-corrected chi connectivity index (χ0v) is 9.27. The molecular formula is C9H12FN2O3P. The number of benzene rings is 1. The first-order valence-corrected chi connectivity index (χ1v) is 6.07. The fraction of sp³-hybridized carbons (Fsp3) is 0.222. The van der Waals surface area contributed by atoms with Crippen molar-refractivity contribution in [3.63, 3.8) is 0 Å². The molecule has 7 heteroatoms. The highest BCUT2D eigenvalue weighted by atomic mass is 31.2. The molecule has 0 fully saturated rings. The monoisotopic (exact) mass is 246 g/mol. The number of nitrogens with two attached hydrogens (primary N) is 2. The molecule has 0 bridgehead atoms. The van der Waals surface area contributed by atoms with Gasteiger partial charge in [-0.1, -0.05) is 12.1 Å². The standard InChI is InChI=1S/C9H12FN2O3P/c10-16(12,14)15-9-3-1-7(2-4-9)5-8(11)6-13/h1-4,6,8H,5,11H2,(H2,12,14)/t8-,16?/m0/s1. The molecule has 2 atom stereocenters. The van der Waals surface area contributed by atoms with Gasteiger partial charge in [0.05, 0.1) is 6.04 Å². The highest BCUT2D eigenvalue weighted by molar-refractivity contribution is 7.51. The molecule has 0 amide bonds. The molecule has 1 unspecified atom stereocenters. The third kappa shape index (κ3) is 4.53. The highest BCUT2D eigenvalue weighted by Crippen LogP contribution is 2.39. The molecule has 0 radical (unpaired) electrons. The average Bonchev–Trinajstić information content (AvgIpc) is 2.18. The molecule has 1 aromatic carbocycles. The largest absolute Gasteiger partial charge is 0.493 e. The van der Waals surface area contributed by atoms with E-state index < -0.39 is 13.9 Å². The van der Waals surface area contributed by atoms with E-state index in [-0.39, 0.29) is 5.75 Å². The first-order chi connectivity index (χ1) is 7.40. The van der Waals surface area contributed by atoms with Gasteiger partial charge in [0.2, 0.25) is 0 Å². The fourth-order valence-corrected chi connectivity index (χ4v) is 1.56. The van der Waals surface area contributed by atoms with Crippen molar-refractivity contribution < 1.29 is 18.1 Å². The molecule has 0 saturated heterocycles. The molecule has 5 nitrogen and oxygen atoms in total. The molecule has 0 heterocycles. The van der Waals surface area contributed by atoms with E-state index in [4.69, 9.17) is 5.73 Å². The quantitative estimate of drug-likeness (QED) is 0.600. The van der Waals surface area contributed by atoms with Gasteiger partial charge in [-0.05, 0) is 24.1 Å². The number of hydrogen-bond acceptors (Lipinski definition) is 4. The summed E-state index contributed by atoms with van der Waals surface area (Å²) < 4.78 is 27.4. The van der Waals surface area contributed by atoms with Gasteiger partial charge in [-0.2, -0.15) is 0 Å². The lowest BCUT2D eigenvalue weighted by Gasteiger charge is -2.07. The summed E-state index contributed by atoms with van der Waals surface area (Å²) in [4.78, 5) is 10.3. The van der Waals surface area contributed by atoms with Crippen molar-refractivity contribution in [2.45, 2.75) is 12.5 Å². The molecule has 16 heavy (non-hydrogen) atoms. The molecule has 0 aromatic heterocycles. The molecule has 0 saturated carbocycles. The maximum absolute atomic E-state index is 12.5. The van der Waals surface area contributed by atoms with Gasteiger partial charge in [0, 0.05) is 0 Å². The second-order valence-electron chi connectivity index (χ2n) is 3.26. The lowest BCUT2D eigenvalue weighted by atomic mass is 10.1. The van der Waals surface area contributed by atoms with E-state index >= 15 is 0 Å². The Morgan fingerprint density at radius 3 is 2.44 bits per heavy atom. The van der Waals surface area contributed by atoms with Crippen LogP contribution in [0.2, 0.25) is 0 Å². The van der Waals surface area contributed by atoms with Gasteiger partial charge in [0.1, 0.15) is 12.0 Å². The number of aldehydes is 1. The van der Waals surface area contributed by atoms with Crippen LogP contribution in [0.3, 0.4) is 0 Å². The second kappa shape index (κ2) is 5.21. The maximum atomic E-state index is 12.5. The Balaban J connectivity index is 2.68. The van der Waals surface area contributed by atoms with E-state index in [1.807, 2.05) is 0 Å². The topological polar surface area (TPSA) is 95.4 Å². The Morgan fingerprint density at radius 2 is 2.00 bits per heavy atom. The SMILES string of the molecule is N[C@H](C=O)Cc1ccc(OP(N)(=O)F)cc1. The third-order valence-electron chi connectivity index (χ3n) is 1.80. The van der Waals surface area contributed by atoms with E-state index in [1.165, 1.54) is 12.1 Å². The molecule has 1 aromatic rings. The normalized spacial score (nSPS) is 16.2. The summed E-state index contributed by atoms with van der Waals surface area (Å²) in [5.41, 5.74) is 10.8. The zero-order valence-electron chi connectivity index (χ0n) is 8.38. The first kappa shape index (κ1) is 12.8. The van der Waals surface area contributed by atoms with Crippen molar-refractivity contribution >= 4 is 14.1 Å². The summed E-state index contributed by atoms with van der Waals surface area (Å²) in [5, 5.41) is 0. The van der Waals surface area contributed by atoms with Crippen LogP contribution >= 0.6 is 7.83 Å². The number of hydrogen-bond donors (Lipinski definition) is 2. The molecule has 0 aliphatic rings. The van der Waals surface area contributed by atoms with Crippen molar-refractivity contribution in [1.82, 2.24) is 0 Å². The Bertz CT molecular complexity index is 404. The van der Waals surface area contributed by atoms with Crippen LogP contribution < -0.4 is 15.8 Å². The van der Waals surface area contributed by atoms with Gasteiger partial charge >= 0.3 is 7.83 Å². The first-order valence-electron chi connectivity index (χ1n) is 4.48. The van der Waals surface area contributed by atoms with E-state index in [9.17, 15) is 13.6 Å². The predicted octanol–water partition coefficient (Wildman–Crippen LogP) is 1.17. The Labute approximate surface area is 92.2 Å². The van der Waals surface area contributed by atoms with E-state index in [0.717, 1.165) is 5.56 Å². The number of carbonyl (C=O) groups excluding carboxylic acids is 1. The van der Waals surface area contributed by atoms with Gasteiger partial charge in [0.15, 0.2) is 0 Å². The summed E-state index contributed by atoms with van der Waals surface area (Å²) in [7, 11) is -4.52. The van der Waals surface area contributed by atoms with Gasteiger partial charge < -0.3 is 15.1 Å². The van der Waals surface area contributed by atoms with Crippen molar-refractivity contribution in [2.75, 3.05) is 0 Å². The summed E-state index contributed by atoms with van der Waals surface area (Å²) in [6.45, 7) is 0. The molecule has 0 aliphatic heterocycles. The lowest BCUT2D eigenvalue weighted by Crippen LogP contribution is -2.23. The zero-order chi connectivity index (χ0) is 12.2. The van der Waals surface area contributed by atoms with Gasteiger partial charge in [-0.15, -0.1) is 4.20 Å². The minimum absolute atomic E-state index is 0.0664. The minimum Gasteiger partial charge on any atom is -0.410 e. The maximum Gasteiger partial charge on any atom is 0.493 e. The summed E-state index contributed by atoms with van der Waals surface area (Å²) in [5.74, 6) is 0.0664. The smallest absolute Gasteiger partial charge is 0.410 e. The predicted molar refractivity (Wildman–Crippen MR) is 57.7 cm³/mol. The van der Waals surface area contributed by atoms with Crippen LogP contribution in [-0.4, -0.2) is 12.3 Å². The number of halogens is 1. The summed E-state index contributed by atoms with van der Waals surface area (Å²) in [6, 6.07) is 5.43. The van der Waals surface area contributed by atoms with Gasteiger partial charge in [-0.25, -0.2) is 10.1 Å². The van der Waals surface area contributed by atoms with Crippen molar-refractivity contribution in [3.8, 4) is 5.75 Å².